The smallest absolute Gasteiger partial charge is 0.269 e. The second kappa shape index (κ2) is 8.83. The highest BCUT2D eigenvalue weighted by atomic mass is 16.6. The topological polar surface area (TPSA) is 92.6 Å². The van der Waals surface area contributed by atoms with Crippen molar-refractivity contribution in [2.45, 2.75) is 32.2 Å². The summed E-state index contributed by atoms with van der Waals surface area (Å²) in [5.41, 5.74) is 4.83. The number of fused-ring (bicyclic) bond motifs is 2. The number of amides is 1. The summed E-state index contributed by atoms with van der Waals surface area (Å²) in [5, 5.41) is 14.7. The Morgan fingerprint density at radius 2 is 1.77 bits per heavy atom. The summed E-state index contributed by atoms with van der Waals surface area (Å²) >= 11 is 0. The number of carbonyl (C=O) groups is 2. The van der Waals surface area contributed by atoms with Crippen LogP contribution in [0.3, 0.4) is 0 Å². The minimum Gasteiger partial charge on any atom is -0.357 e. The maximum absolute atomic E-state index is 13.8. The molecule has 0 spiro atoms. The third-order valence-corrected chi connectivity index (χ3v) is 6.79. The zero-order valence-corrected chi connectivity index (χ0v) is 19.5. The number of nitro benzene ring substituents is 1. The largest absolute Gasteiger partial charge is 0.357 e. The number of allylic oxidation sites excluding steroid dienone is 1. The zero-order chi connectivity index (χ0) is 24.7. The van der Waals surface area contributed by atoms with E-state index in [1.165, 1.54) is 19.1 Å². The molecule has 7 nitrogen and oxygen atoms in total. The molecule has 1 aliphatic heterocycles. The Morgan fingerprint density at radius 1 is 1.03 bits per heavy atom. The molecule has 0 saturated heterocycles. The lowest BCUT2D eigenvalue weighted by molar-refractivity contribution is -0.384. The van der Waals surface area contributed by atoms with Crippen molar-refractivity contribution >= 4 is 28.8 Å². The predicted octanol–water partition coefficient (Wildman–Crippen LogP) is 5.68. The molecule has 0 fully saturated rings. The van der Waals surface area contributed by atoms with Crippen LogP contribution in [0.4, 0.5) is 17.1 Å². The lowest BCUT2D eigenvalue weighted by Crippen LogP contribution is -2.41. The summed E-state index contributed by atoms with van der Waals surface area (Å²) in [5.74, 6) is -1.07. The average Bonchev–Trinajstić information content (AvgIpc) is 2.99. The molecule has 1 N–H and O–H groups in total. The van der Waals surface area contributed by atoms with Gasteiger partial charge < -0.3 is 10.2 Å². The van der Waals surface area contributed by atoms with Gasteiger partial charge in [0.05, 0.1) is 28.3 Å². The lowest BCUT2D eigenvalue weighted by Gasteiger charge is -2.37. The molecule has 1 aliphatic carbocycles. The van der Waals surface area contributed by atoms with E-state index in [1.807, 2.05) is 67.6 Å². The van der Waals surface area contributed by atoms with E-state index >= 15 is 0 Å². The molecule has 176 valence electrons. The highest BCUT2D eigenvalue weighted by molar-refractivity contribution is 6.00. The van der Waals surface area contributed by atoms with Gasteiger partial charge in [0, 0.05) is 37.1 Å². The molecule has 35 heavy (non-hydrogen) atoms. The molecular weight excluding hydrogens is 442 g/mol. The molecule has 0 radical (unpaired) electrons. The van der Waals surface area contributed by atoms with Crippen molar-refractivity contribution in [3.8, 4) is 0 Å². The molecule has 1 amide bonds. The van der Waals surface area contributed by atoms with Crippen LogP contribution in [0.5, 0.6) is 0 Å². The summed E-state index contributed by atoms with van der Waals surface area (Å²) in [4.78, 5) is 39.4. The Bertz CT molecular complexity index is 1360. The molecule has 2 aliphatic rings. The molecule has 0 saturated carbocycles. The van der Waals surface area contributed by atoms with Crippen molar-refractivity contribution < 1.29 is 14.5 Å². The number of non-ortho nitro benzene ring substituents is 1. The average molecular weight is 468 g/mol. The van der Waals surface area contributed by atoms with Crippen molar-refractivity contribution in [1.82, 2.24) is 0 Å². The van der Waals surface area contributed by atoms with E-state index in [-0.39, 0.29) is 29.7 Å². The van der Waals surface area contributed by atoms with Crippen molar-refractivity contribution in [2.24, 2.45) is 5.92 Å². The molecule has 5 rings (SSSR count). The number of aryl methyl sites for hydroxylation is 1. The van der Waals surface area contributed by atoms with E-state index in [1.54, 1.807) is 11.0 Å². The van der Waals surface area contributed by atoms with Crippen molar-refractivity contribution in [2.75, 3.05) is 10.2 Å². The van der Waals surface area contributed by atoms with Gasteiger partial charge in [-0.15, -0.1) is 0 Å². The number of hydrogen-bond acceptors (Lipinski definition) is 5. The van der Waals surface area contributed by atoms with E-state index in [2.05, 4.69) is 5.32 Å². The number of anilines is 2. The summed E-state index contributed by atoms with van der Waals surface area (Å²) in [6.45, 7) is 3.52. The van der Waals surface area contributed by atoms with E-state index in [0.717, 1.165) is 16.8 Å². The summed E-state index contributed by atoms with van der Waals surface area (Å²) < 4.78 is 0. The summed E-state index contributed by atoms with van der Waals surface area (Å²) in [6, 6.07) is 21.4. The normalized spacial score (nSPS) is 21.2. The summed E-state index contributed by atoms with van der Waals surface area (Å²) in [7, 11) is 0. The highest BCUT2D eigenvalue weighted by Gasteiger charge is 2.44. The van der Waals surface area contributed by atoms with Gasteiger partial charge in [0.2, 0.25) is 5.91 Å². The quantitative estimate of drug-likeness (QED) is 0.395. The minimum absolute atomic E-state index is 0.00469. The number of hydrogen-bond donors (Lipinski definition) is 1. The van der Waals surface area contributed by atoms with Gasteiger partial charge in [-0.1, -0.05) is 60.2 Å². The third-order valence-electron chi connectivity index (χ3n) is 6.79. The van der Waals surface area contributed by atoms with Gasteiger partial charge in [0.1, 0.15) is 5.78 Å². The number of benzene rings is 3. The molecule has 7 heteroatoms. The number of para-hydroxylation sites is 2. The number of nitrogens with zero attached hydrogens (tertiary/aromatic N) is 2. The third kappa shape index (κ3) is 4.10. The Hall–Kier alpha value is -4.26. The summed E-state index contributed by atoms with van der Waals surface area (Å²) in [6.07, 6.45) is 2.19. The number of rotatable bonds is 3. The van der Waals surface area contributed by atoms with Crippen LogP contribution in [0.15, 0.2) is 84.6 Å². The molecule has 3 unspecified atom stereocenters. The molecule has 0 aromatic heterocycles. The predicted molar refractivity (Wildman–Crippen MR) is 134 cm³/mol. The fourth-order valence-electron chi connectivity index (χ4n) is 5.16. The van der Waals surface area contributed by atoms with Gasteiger partial charge in [-0.2, -0.15) is 0 Å². The second-order valence-electron chi connectivity index (χ2n) is 9.12. The SMILES string of the molecule is CC(=O)N1c2ccccc2NC2=CC(c3cccc([N+](=O)[O-])c3)CC(=O)C2C1c1ccc(C)cc1. The molecule has 0 bridgehead atoms. The minimum atomic E-state index is -0.594. The number of nitrogens with one attached hydrogen (secondary N) is 1. The van der Waals surface area contributed by atoms with Gasteiger partial charge in [-0.3, -0.25) is 19.7 Å². The van der Waals surface area contributed by atoms with Gasteiger partial charge in [0.15, 0.2) is 0 Å². The van der Waals surface area contributed by atoms with Crippen LogP contribution >= 0.6 is 0 Å². The van der Waals surface area contributed by atoms with E-state index in [0.29, 0.717) is 16.9 Å². The maximum Gasteiger partial charge on any atom is 0.269 e. The van der Waals surface area contributed by atoms with Crippen LogP contribution in [0.25, 0.3) is 0 Å². The first-order valence-electron chi connectivity index (χ1n) is 11.5. The highest BCUT2D eigenvalue weighted by Crippen LogP contribution is 2.47. The van der Waals surface area contributed by atoms with Crippen molar-refractivity contribution in [3.63, 3.8) is 0 Å². The van der Waals surface area contributed by atoms with Gasteiger partial charge in [-0.05, 0) is 30.2 Å². The maximum atomic E-state index is 13.8. The van der Waals surface area contributed by atoms with E-state index in [9.17, 15) is 19.7 Å². The van der Waals surface area contributed by atoms with Gasteiger partial charge in [0.25, 0.3) is 5.69 Å². The molecule has 1 heterocycles. The fraction of sp³-hybridized carbons (Fsp3) is 0.214. The molecule has 3 aromatic rings. The first-order valence-corrected chi connectivity index (χ1v) is 11.5. The monoisotopic (exact) mass is 467 g/mol. The first kappa shape index (κ1) is 22.5. The number of carbonyl (C=O) groups excluding carboxylic acids is 2. The standard InChI is InChI=1S/C28H25N3O4/c1-17-10-12-19(13-11-17)28-27-24(29-23-8-3-4-9-25(23)30(28)18(2)32)15-21(16-26(27)33)20-6-5-7-22(14-20)31(34)35/h3-15,21,27-29H,16H2,1-2H3. The van der Waals surface area contributed by atoms with Crippen LogP contribution in [-0.4, -0.2) is 16.6 Å². The van der Waals surface area contributed by atoms with Crippen molar-refractivity contribution in [1.29, 1.82) is 0 Å². The first-order chi connectivity index (χ1) is 16.8. The lowest BCUT2D eigenvalue weighted by atomic mass is 9.76. The molecular formula is C28H25N3O4. The van der Waals surface area contributed by atoms with Crippen LogP contribution in [0.1, 0.15) is 42.0 Å². The Balaban J connectivity index is 1.69. The van der Waals surface area contributed by atoms with E-state index in [4.69, 9.17) is 0 Å². The Kier molecular flexibility index (Phi) is 5.68. The Morgan fingerprint density at radius 3 is 2.49 bits per heavy atom. The van der Waals surface area contributed by atoms with Crippen molar-refractivity contribution in [3.05, 3.63) is 111 Å². The fourth-order valence-corrected chi connectivity index (χ4v) is 5.16. The second-order valence-corrected chi connectivity index (χ2v) is 9.12. The Labute approximate surface area is 203 Å². The molecule has 3 atom stereocenters. The number of nitro groups is 1. The van der Waals surface area contributed by atoms with Crippen LogP contribution in [0, 0.1) is 23.0 Å². The van der Waals surface area contributed by atoms with E-state index < -0.39 is 16.9 Å². The van der Waals surface area contributed by atoms with Crippen LogP contribution < -0.4 is 10.2 Å². The number of ketones is 1. The van der Waals surface area contributed by atoms with Gasteiger partial charge >= 0.3 is 0 Å². The number of Topliss-reactive ketones (excluding diaryl/α,β-unsaturated/α-hetero) is 1. The zero-order valence-electron chi connectivity index (χ0n) is 19.5. The molecule has 3 aromatic carbocycles. The van der Waals surface area contributed by atoms with Gasteiger partial charge in [-0.25, -0.2) is 0 Å². The van der Waals surface area contributed by atoms with Crippen LogP contribution in [-0.2, 0) is 9.59 Å². The van der Waals surface area contributed by atoms with Crippen LogP contribution in [0.2, 0.25) is 0 Å².